The zero-order chi connectivity index (χ0) is 19.1. The monoisotopic (exact) mass is 363 g/mol. The molecule has 3 amide bonds. The van der Waals surface area contributed by atoms with Gasteiger partial charge in [-0.25, -0.2) is 4.79 Å². The molecule has 2 heterocycles. The Morgan fingerprint density at radius 2 is 1.78 bits per heavy atom. The summed E-state index contributed by atoms with van der Waals surface area (Å²) < 4.78 is 5.46. The summed E-state index contributed by atoms with van der Waals surface area (Å²) in [6.07, 6.45) is 0. The van der Waals surface area contributed by atoms with Crippen LogP contribution in [0.2, 0.25) is 0 Å². The number of ether oxygens (including phenoxy) is 1. The van der Waals surface area contributed by atoms with Crippen molar-refractivity contribution in [1.82, 2.24) is 10.2 Å². The van der Waals surface area contributed by atoms with Crippen molar-refractivity contribution < 1.29 is 14.3 Å². The Hall–Kier alpha value is -3.28. The van der Waals surface area contributed by atoms with Crippen LogP contribution >= 0.6 is 0 Å². The molecule has 1 atom stereocenters. The Morgan fingerprint density at radius 3 is 2.48 bits per heavy atom. The fourth-order valence-electron chi connectivity index (χ4n) is 3.64. The molecule has 6 nitrogen and oxygen atoms in total. The van der Waals surface area contributed by atoms with Gasteiger partial charge in [0.2, 0.25) is 0 Å². The third kappa shape index (κ3) is 2.73. The maximum atomic E-state index is 13.3. The van der Waals surface area contributed by atoms with E-state index in [0.29, 0.717) is 17.9 Å². The number of benzene rings is 2. The molecular formula is C21H21N3O3. The third-order valence-electron chi connectivity index (χ3n) is 5.16. The summed E-state index contributed by atoms with van der Waals surface area (Å²) >= 11 is 0. The molecule has 0 fully saturated rings. The van der Waals surface area contributed by atoms with Gasteiger partial charge in [-0.2, -0.15) is 0 Å². The molecule has 27 heavy (non-hydrogen) atoms. The van der Waals surface area contributed by atoms with Crippen LogP contribution < -0.4 is 15.0 Å². The van der Waals surface area contributed by atoms with Crippen LogP contribution in [0.15, 0.2) is 59.8 Å². The molecule has 2 aliphatic rings. The van der Waals surface area contributed by atoms with Gasteiger partial charge in [0, 0.05) is 18.3 Å². The standard InChI is InChI=1S/C21H21N3O3/c1-13-8-10-14(11-9-13)24-12-16-18(20(24)25)19(22-21(26)23(16)2)15-6-4-5-7-17(15)27-3/h4-11,19H,12H2,1-3H3,(H,22,26)/t19-/m1/s1. The number of nitrogens with one attached hydrogen (secondary N) is 1. The average Bonchev–Trinajstić information content (AvgIpc) is 3.03. The lowest BCUT2D eigenvalue weighted by Crippen LogP contribution is -2.45. The molecule has 0 bridgehead atoms. The number of nitrogens with zero attached hydrogens (tertiary/aromatic N) is 2. The topological polar surface area (TPSA) is 61.9 Å². The predicted molar refractivity (Wildman–Crippen MR) is 103 cm³/mol. The van der Waals surface area contributed by atoms with E-state index in [9.17, 15) is 9.59 Å². The molecule has 0 saturated heterocycles. The summed E-state index contributed by atoms with van der Waals surface area (Å²) in [5.41, 5.74) is 4.03. The molecule has 1 N–H and O–H groups in total. The molecule has 0 aromatic heterocycles. The Morgan fingerprint density at radius 1 is 1.07 bits per heavy atom. The quantitative estimate of drug-likeness (QED) is 0.912. The first-order valence-electron chi connectivity index (χ1n) is 8.80. The SMILES string of the molecule is COc1ccccc1[C@H]1NC(=O)N(C)C2=C1C(=O)N(c1ccc(C)cc1)C2. The van der Waals surface area contributed by atoms with E-state index in [-0.39, 0.29) is 11.9 Å². The smallest absolute Gasteiger partial charge is 0.322 e. The lowest BCUT2D eigenvalue weighted by Gasteiger charge is -2.31. The van der Waals surface area contributed by atoms with Crippen molar-refractivity contribution in [2.45, 2.75) is 13.0 Å². The highest BCUT2D eigenvalue weighted by Crippen LogP contribution is 2.40. The highest BCUT2D eigenvalue weighted by molar-refractivity contribution is 6.11. The van der Waals surface area contributed by atoms with Gasteiger partial charge in [-0.1, -0.05) is 35.9 Å². The second-order valence-electron chi connectivity index (χ2n) is 6.77. The number of hydrogen-bond acceptors (Lipinski definition) is 3. The van der Waals surface area contributed by atoms with Crippen molar-refractivity contribution in [2.75, 3.05) is 25.6 Å². The number of rotatable bonds is 3. The molecule has 0 spiro atoms. The number of amides is 3. The second kappa shape index (κ2) is 6.46. The number of aryl methyl sites for hydroxylation is 1. The van der Waals surface area contributed by atoms with Crippen LogP contribution in [0, 0.1) is 6.92 Å². The van der Waals surface area contributed by atoms with Crippen molar-refractivity contribution in [2.24, 2.45) is 0 Å². The normalized spacial score (nSPS) is 19.3. The van der Waals surface area contributed by atoms with E-state index in [1.807, 2.05) is 55.5 Å². The summed E-state index contributed by atoms with van der Waals surface area (Å²) in [5.74, 6) is 0.539. The van der Waals surface area contributed by atoms with Crippen LogP contribution in [0.25, 0.3) is 0 Å². The maximum Gasteiger partial charge on any atom is 0.322 e. The molecule has 0 aliphatic carbocycles. The highest BCUT2D eigenvalue weighted by atomic mass is 16.5. The molecule has 0 unspecified atom stereocenters. The minimum absolute atomic E-state index is 0.100. The summed E-state index contributed by atoms with van der Waals surface area (Å²) in [4.78, 5) is 29.1. The van der Waals surface area contributed by atoms with E-state index in [0.717, 1.165) is 22.5 Å². The lowest BCUT2D eigenvalue weighted by atomic mass is 9.95. The first kappa shape index (κ1) is 17.1. The molecule has 0 radical (unpaired) electrons. The zero-order valence-electron chi connectivity index (χ0n) is 15.5. The maximum absolute atomic E-state index is 13.3. The van der Waals surface area contributed by atoms with Crippen LogP contribution in [0.5, 0.6) is 5.75 Å². The van der Waals surface area contributed by atoms with Gasteiger partial charge in [-0.15, -0.1) is 0 Å². The first-order valence-corrected chi connectivity index (χ1v) is 8.80. The largest absolute Gasteiger partial charge is 0.496 e. The van der Waals surface area contributed by atoms with Gasteiger partial charge in [-0.3, -0.25) is 9.69 Å². The number of carbonyl (C=O) groups excluding carboxylic acids is 2. The molecule has 138 valence electrons. The van der Waals surface area contributed by atoms with E-state index in [2.05, 4.69) is 5.32 Å². The molecular weight excluding hydrogens is 342 g/mol. The van der Waals surface area contributed by atoms with Crippen LogP contribution in [0.3, 0.4) is 0 Å². The van der Waals surface area contributed by atoms with Crippen LogP contribution in [-0.4, -0.2) is 37.5 Å². The number of hydrogen-bond donors (Lipinski definition) is 1. The molecule has 2 aliphatic heterocycles. The number of urea groups is 1. The number of carbonyl (C=O) groups is 2. The van der Waals surface area contributed by atoms with Crippen molar-refractivity contribution in [1.29, 1.82) is 0 Å². The van der Waals surface area contributed by atoms with Crippen molar-refractivity contribution >= 4 is 17.6 Å². The summed E-state index contributed by atoms with van der Waals surface area (Å²) in [5, 5.41) is 2.94. The third-order valence-corrected chi connectivity index (χ3v) is 5.16. The number of likely N-dealkylation sites (N-methyl/N-ethyl adjacent to an activating group) is 1. The van der Waals surface area contributed by atoms with E-state index in [4.69, 9.17) is 4.74 Å². The average molecular weight is 363 g/mol. The number of para-hydroxylation sites is 1. The highest BCUT2D eigenvalue weighted by Gasteiger charge is 2.44. The minimum atomic E-state index is -0.539. The number of anilines is 1. The Kier molecular flexibility index (Phi) is 4.11. The van der Waals surface area contributed by atoms with Gasteiger partial charge < -0.3 is 15.0 Å². The van der Waals surface area contributed by atoms with Crippen molar-refractivity contribution in [3.63, 3.8) is 0 Å². The zero-order valence-corrected chi connectivity index (χ0v) is 15.5. The van der Waals surface area contributed by atoms with Crippen molar-refractivity contribution in [3.8, 4) is 5.75 Å². The summed E-state index contributed by atoms with van der Waals surface area (Å²) in [6, 6.07) is 14.5. The van der Waals surface area contributed by atoms with Gasteiger partial charge in [-0.05, 0) is 25.1 Å². The second-order valence-corrected chi connectivity index (χ2v) is 6.77. The van der Waals surface area contributed by atoms with Crippen molar-refractivity contribution in [3.05, 3.63) is 70.9 Å². The predicted octanol–water partition coefficient (Wildman–Crippen LogP) is 3.00. The van der Waals surface area contributed by atoms with Gasteiger partial charge in [0.25, 0.3) is 5.91 Å². The molecule has 4 rings (SSSR count). The Bertz CT molecular complexity index is 949. The van der Waals surface area contributed by atoms with E-state index >= 15 is 0 Å². The van der Waals surface area contributed by atoms with Crippen LogP contribution in [0.4, 0.5) is 10.5 Å². The van der Waals surface area contributed by atoms with Gasteiger partial charge in [0.15, 0.2) is 0 Å². The minimum Gasteiger partial charge on any atom is -0.496 e. The molecule has 2 aromatic carbocycles. The first-order chi connectivity index (χ1) is 13.0. The van der Waals surface area contributed by atoms with E-state index in [1.165, 1.54) is 4.90 Å². The van der Waals surface area contributed by atoms with Crippen LogP contribution in [-0.2, 0) is 4.79 Å². The Labute approximate surface area is 158 Å². The van der Waals surface area contributed by atoms with E-state index in [1.54, 1.807) is 19.1 Å². The van der Waals surface area contributed by atoms with Crippen LogP contribution in [0.1, 0.15) is 17.2 Å². The number of methoxy groups -OCH3 is 1. The fourth-order valence-corrected chi connectivity index (χ4v) is 3.64. The van der Waals surface area contributed by atoms with Gasteiger partial charge >= 0.3 is 6.03 Å². The lowest BCUT2D eigenvalue weighted by molar-refractivity contribution is -0.114. The molecule has 2 aromatic rings. The Balaban J connectivity index is 1.78. The fraction of sp³-hybridized carbons (Fsp3) is 0.238. The molecule has 0 saturated carbocycles. The van der Waals surface area contributed by atoms with Gasteiger partial charge in [0.05, 0.1) is 31.0 Å². The van der Waals surface area contributed by atoms with Gasteiger partial charge in [0.1, 0.15) is 5.75 Å². The summed E-state index contributed by atoms with van der Waals surface area (Å²) in [6.45, 7) is 2.37. The van der Waals surface area contributed by atoms with E-state index < -0.39 is 6.04 Å². The summed E-state index contributed by atoms with van der Waals surface area (Å²) in [7, 11) is 3.27. The molecule has 6 heteroatoms.